The van der Waals surface area contributed by atoms with E-state index in [-0.39, 0.29) is 11.9 Å². The highest BCUT2D eigenvalue weighted by molar-refractivity contribution is 7.92. The molecule has 0 radical (unpaired) electrons. The van der Waals surface area contributed by atoms with Gasteiger partial charge in [0.05, 0.1) is 18.0 Å². The molecule has 0 bridgehead atoms. The Hall–Kier alpha value is -2.05. The summed E-state index contributed by atoms with van der Waals surface area (Å²) in [5, 5.41) is 3.52. The number of carbonyl (C=O) groups is 1. The molecule has 0 heterocycles. The first kappa shape index (κ1) is 23.6. The number of hydrogen-bond acceptors (Lipinski definition) is 3. The van der Waals surface area contributed by atoms with Crippen molar-refractivity contribution in [1.82, 2.24) is 5.32 Å². The van der Waals surface area contributed by atoms with Crippen molar-refractivity contribution in [2.45, 2.75) is 65.0 Å². The fraction of sp³-hybridized carbons (Fsp3) is 0.458. The quantitative estimate of drug-likeness (QED) is 0.633. The topological polar surface area (TPSA) is 66.5 Å². The Balaban J connectivity index is 1.84. The zero-order chi connectivity index (χ0) is 22.8. The van der Waals surface area contributed by atoms with Gasteiger partial charge in [0.25, 0.3) is 0 Å². The Labute approximate surface area is 190 Å². The SMILES string of the molecule is CC[C@H](NC(=O)[C@H](C)N(c1ccc(C)c(Cl)c1)S(C)(=O)=O)c1ccc2c(c1)CCCC2. The van der Waals surface area contributed by atoms with E-state index in [2.05, 4.69) is 23.5 Å². The lowest BCUT2D eigenvalue weighted by Gasteiger charge is -2.30. The van der Waals surface area contributed by atoms with Gasteiger partial charge >= 0.3 is 0 Å². The molecule has 0 saturated carbocycles. The van der Waals surface area contributed by atoms with Crippen molar-refractivity contribution in [1.29, 1.82) is 0 Å². The average Bonchev–Trinajstić information content (AvgIpc) is 2.73. The lowest BCUT2D eigenvalue weighted by atomic mass is 9.88. The lowest BCUT2D eigenvalue weighted by molar-refractivity contribution is -0.122. The number of anilines is 1. The van der Waals surface area contributed by atoms with Gasteiger partial charge in [-0.3, -0.25) is 9.10 Å². The first-order valence-corrected chi connectivity index (χ1v) is 13.0. The molecular weight excluding hydrogens is 432 g/mol. The number of carbonyl (C=O) groups excluding carboxylic acids is 1. The van der Waals surface area contributed by atoms with Crippen molar-refractivity contribution in [3.63, 3.8) is 0 Å². The van der Waals surface area contributed by atoms with E-state index in [1.807, 2.05) is 13.8 Å². The molecule has 2 aromatic rings. The second kappa shape index (κ2) is 9.61. The minimum atomic E-state index is -3.70. The van der Waals surface area contributed by atoms with Gasteiger partial charge in [-0.25, -0.2) is 8.42 Å². The minimum absolute atomic E-state index is 0.176. The molecule has 0 saturated heterocycles. The molecule has 2 atom stereocenters. The molecular formula is C24H31ClN2O3S. The summed E-state index contributed by atoms with van der Waals surface area (Å²) in [5.41, 5.74) is 5.03. The fourth-order valence-corrected chi connectivity index (χ4v) is 5.55. The van der Waals surface area contributed by atoms with Gasteiger partial charge in [-0.1, -0.05) is 42.8 Å². The third-order valence-corrected chi connectivity index (χ3v) is 7.65. The maximum atomic E-state index is 13.1. The van der Waals surface area contributed by atoms with Crippen LogP contribution in [0.15, 0.2) is 36.4 Å². The Morgan fingerprint density at radius 2 is 1.81 bits per heavy atom. The summed E-state index contributed by atoms with van der Waals surface area (Å²) in [6, 6.07) is 10.4. The van der Waals surface area contributed by atoms with E-state index in [1.54, 1.807) is 25.1 Å². The van der Waals surface area contributed by atoms with Gasteiger partial charge in [-0.15, -0.1) is 0 Å². The number of rotatable bonds is 7. The molecule has 0 unspecified atom stereocenters. The predicted molar refractivity (Wildman–Crippen MR) is 127 cm³/mol. The highest BCUT2D eigenvalue weighted by Crippen LogP contribution is 2.28. The number of nitrogens with zero attached hydrogens (tertiary/aromatic N) is 1. The van der Waals surface area contributed by atoms with Crippen molar-refractivity contribution in [3.05, 3.63) is 63.7 Å². The van der Waals surface area contributed by atoms with Crippen molar-refractivity contribution < 1.29 is 13.2 Å². The number of aryl methyl sites for hydroxylation is 3. The smallest absolute Gasteiger partial charge is 0.244 e. The molecule has 0 aromatic heterocycles. The number of sulfonamides is 1. The number of halogens is 1. The van der Waals surface area contributed by atoms with E-state index in [9.17, 15) is 13.2 Å². The highest BCUT2D eigenvalue weighted by Gasteiger charge is 2.30. The van der Waals surface area contributed by atoms with Crippen molar-refractivity contribution in [2.75, 3.05) is 10.6 Å². The maximum Gasteiger partial charge on any atom is 0.244 e. The Morgan fingerprint density at radius 3 is 2.42 bits per heavy atom. The van der Waals surface area contributed by atoms with E-state index in [4.69, 9.17) is 11.6 Å². The molecule has 1 N–H and O–H groups in total. The van der Waals surface area contributed by atoms with Crippen LogP contribution in [0.2, 0.25) is 5.02 Å². The van der Waals surface area contributed by atoms with Crippen LogP contribution < -0.4 is 9.62 Å². The first-order valence-electron chi connectivity index (χ1n) is 10.8. The van der Waals surface area contributed by atoms with E-state index in [0.717, 1.165) is 34.5 Å². The monoisotopic (exact) mass is 462 g/mol. The van der Waals surface area contributed by atoms with Gasteiger partial charge in [0.2, 0.25) is 15.9 Å². The second-order valence-corrected chi connectivity index (χ2v) is 10.6. The molecule has 0 spiro atoms. The standard InChI is InChI=1S/C24H31ClN2O3S/c1-5-23(20-12-11-18-8-6-7-9-19(18)14-20)26-24(28)17(3)27(31(4,29)30)21-13-10-16(2)22(25)15-21/h10-15,17,23H,5-9H2,1-4H3,(H,26,28)/t17-,23-/m0/s1. The molecule has 1 aliphatic rings. The summed E-state index contributed by atoms with van der Waals surface area (Å²) in [6.45, 7) is 5.46. The molecule has 0 aliphatic heterocycles. The maximum absolute atomic E-state index is 13.1. The largest absolute Gasteiger partial charge is 0.347 e. The van der Waals surface area contributed by atoms with Gasteiger partial charge in [0.1, 0.15) is 6.04 Å². The average molecular weight is 463 g/mol. The van der Waals surface area contributed by atoms with Gasteiger partial charge in [0, 0.05) is 5.02 Å². The van der Waals surface area contributed by atoms with E-state index in [1.165, 1.54) is 24.0 Å². The van der Waals surface area contributed by atoms with Crippen LogP contribution in [-0.4, -0.2) is 26.6 Å². The number of hydrogen-bond donors (Lipinski definition) is 1. The summed E-state index contributed by atoms with van der Waals surface area (Å²) in [6.07, 6.45) is 6.41. The van der Waals surface area contributed by atoms with Crippen molar-refractivity contribution in [2.24, 2.45) is 0 Å². The Morgan fingerprint density at radius 1 is 1.13 bits per heavy atom. The fourth-order valence-electron chi connectivity index (χ4n) is 4.21. The number of fused-ring (bicyclic) bond motifs is 1. The Bertz CT molecular complexity index is 1070. The second-order valence-electron chi connectivity index (χ2n) is 8.37. The van der Waals surface area contributed by atoms with Crippen LogP contribution in [0.1, 0.15) is 61.4 Å². The molecule has 7 heteroatoms. The molecule has 5 nitrogen and oxygen atoms in total. The zero-order valence-electron chi connectivity index (χ0n) is 18.6. The molecule has 1 aliphatic carbocycles. The van der Waals surface area contributed by atoms with E-state index < -0.39 is 16.1 Å². The number of amides is 1. The van der Waals surface area contributed by atoms with Crippen LogP contribution in [0, 0.1) is 6.92 Å². The summed E-state index contributed by atoms with van der Waals surface area (Å²) < 4.78 is 26.3. The third-order valence-electron chi connectivity index (χ3n) is 6.00. The molecule has 3 rings (SSSR count). The van der Waals surface area contributed by atoms with Crippen molar-refractivity contribution in [3.8, 4) is 0 Å². The van der Waals surface area contributed by atoms with Crippen LogP contribution in [-0.2, 0) is 27.7 Å². The zero-order valence-corrected chi connectivity index (χ0v) is 20.2. The van der Waals surface area contributed by atoms with Crippen molar-refractivity contribution >= 4 is 33.2 Å². The summed E-state index contributed by atoms with van der Waals surface area (Å²) in [4.78, 5) is 13.1. The van der Waals surface area contributed by atoms with Gasteiger partial charge < -0.3 is 5.32 Å². The predicted octanol–water partition coefficient (Wildman–Crippen LogP) is 4.95. The third kappa shape index (κ3) is 5.42. The van der Waals surface area contributed by atoms with Crippen LogP contribution in [0.25, 0.3) is 0 Å². The van der Waals surface area contributed by atoms with Crippen LogP contribution in [0.5, 0.6) is 0 Å². The number of nitrogens with one attached hydrogen (secondary N) is 1. The van der Waals surface area contributed by atoms with Gasteiger partial charge in [0.15, 0.2) is 0 Å². The normalized spacial score (nSPS) is 15.6. The van der Waals surface area contributed by atoms with Crippen LogP contribution >= 0.6 is 11.6 Å². The van der Waals surface area contributed by atoms with E-state index >= 15 is 0 Å². The summed E-state index contributed by atoms with van der Waals surface area (Å²) >= 11 is 6.22. The van der Waals surface area contributed by atoms with Crippen LogP contribution in [0.4, 0.5) is 5.69 Å². The van der Waals surface area contributed by atoms with Gasteiger partial charge in [-0.2, -0.15) is 0 Å². The molecule has 1 amide bonds. The van der Waals surface area contributed by atoms with Crippen LogP contribution in [0.3, 0.4) is 0 Å². The first-order chi connectivity index (χ1) is 14.6. The lowest BCUT2D eigenvalue weighted by Crippen LogP contribution is -2.48. The van der Waals surface area contributed by atoms with Gasteiger partial charge in [-0.05, 0) is 80.3 Å². The molecule has 2 aromatic carbocycles. The van der Waals surface area contributed by atoms with E-state index in [0.29, 0.717) is 17.1 Å². The highest BCUT2D eigenvalue weighted by atomic mass is 35.5. The Kier molecular flexibility index (Phi) is 7.32. The summed E-state index contributed by atoms with van der Waals surface area (Å²) in [5.74, 6) is -0.341. The molecule has 31 heavy (non-hydrogen) atoms. The number of benzene rings is 2. The molecule has 168 valence electrons. The summed E-state index contributed by atoms with van der Waals surface area (Å²) in [7, 11) is -3.70. The minimum Gasteiger partial charge on any atom is -0.347 e. The molecule has 0 fully saturated rings.